The molecule has 0 bridgehead atoms. The molecule has 0 saturated heterocycles. The van der Waals surface area contributed by atoms with Crippen molar-refractivity contribution in [3.8, 4) is 0 Å². The number of carbonyl (C=O) groups excluding carboxylic acids is 2. The van der Waals surface area contributed by atoms with Crippen molar-refractivity contribution in [1.29, 1.82) is 0 Å². The highest BCUT2D eigenvalue weighted by atomic mass is 35.5. The molecule has 3 aromatic carbocycles. The highest BCUT2D eigenvalue weighted by Crippen LogP contribution is 2.32. The maximum absolute atomic E-state index is 14.8. The molecule has 3 aromatic rings. The standard InChI is InChI=1S/C27H27ClF2N2O4S/c1-27(2,3)15-24(33)18-6-4-17(5-7-18)16-32(37(35,36)21-11-8-19(28)9-12-21)25(26(31)34)22-13-10-20(29)14-23(22)30/h4-14,25H,15-16H2,1-3H3,(H2,31,34). The Bertz CT molecular complexity index is 1400. The number of carbonyl (C=O) groups is 2. The lowest BCUT2D eigenvalue weighted by molar-refractivity contribution is -0.122. The van der Waals surface area contributed by atoms with Gasteiger partial charge in [-0.15, -0.1) is 0 Å². The zero-order valence-electron chi connectivity index (χ0n) is 20.5. The lowest BCUT2D eigenvalue weighted by Crippen LogP contribution is -2.41. The molecule has 1 amide bonds. The van der Waals surface area contributed by atoms with Crippen molar-refractivity contribution in [2.75, 3.05) is 0 Å². The molecule has 0 aliphatic rings. The van der Waals surface area contributed by atoms with E-state index in [4.69, 9.17) is 17.3 Å². The third-order valence-electron chi connectivity index (χ3n) is 5.54. The minimum atomic E-state index is -4.44. The van der Waals surface area contributed by atoms with Gasteiger partial charge in [0.05, 0.1) is 4.90 Å². The highest BCUT2D eigenvalue weighted by molar-refractivity contribution is 7.89. The van der Waals surface area contributed by atoms with Gasteiger partial charge in [-0.25, -0.2) is 17.2 Å². The van der Waals surface area contributed by atoms with Crippen molar-refractivity contribution in [2.24, 2.45) is 11.1 Å². The number of primary amides is 1. The van der Waals surface area contributed by atoms with E-state index in [0.29, 0.717) is 23.6 Å². The third-order valence-corrected chi connectivity index (χ3v) is 7.62. The van der Waals surface area contributed by atoms with Gasteiger partial charge in [0, 0.05) is 35.2 Å². The van der Waals surface area contributed by atoms with E-state index in [1.54, 1.807) is 24.3 Å². The third kappa shape index (κ3) is 7.00. The van der Waals surface area contributed by atoms with Crippen molar-refractivity contribution in [2.45, 2.75) is 44.7 Å². The minimum Gasteiger partial charge on any atom is -0.368 e. The number of rotatable bonds is 9. The number of sulfonamides is 1. The fourth-order valence-corrected chi connectivity index (χ4v) is 5.48. The van der Waals surface area contributed by atoms with Gasteiger partial charge in [0.25, 0.3) is 0 Å². The van der Waals surface area contributed by atoms with Crippen molar-refractivity contribution >= 4 is 33.3 Å². The summed E-state index contributed by atoms with van der Waals surface area (Å²) >= 11 is 5.90. The van der Waals surface area contributed by atoms with E-state index in [0.717, 1.165) is 16.4 Å². The van der Waals surface area contributed by atoms with E-state index in [9.17, 15) is 26.8 Å². The van der Waals surface area contributed by atoms with Gasteiger partial charge < -0.3 is 5.73 Å². The molecule has 10 heteroatoms. The Labute approximate surface area is 220 Å². The first-order valence-electron chi connectivity index (χ1n) is 11.3. The van der Waals surface area contributed by atoms with E-state index < -0.39 is 39.2 Å². The summed E-state index contributed by atoms with van der Waals surface area (Å²) < 4.78 is 56.5. The van der Waals surface area contributed by atoms with Gasteiger partial charge in [0.2, 0.25) is 15.9 Å². The molecule has 0 spiro atoms. The lowest BCUT2D eigenvalue weighted by atomic mass is 9.88. The smallest absolute Gasteiger partial charge is 0.244 e. The Morgan fingerprint density at radius 3 is 2.08 bits per heavy atom. The Balaban J connectivity index is 2.08. The fraction of sp³-hybridized carbons (Fsp3) is 0.259. The number of halogens is 3. The van der Waals surface area contributed by atoms with Gasteiger partial charge in [-0.1, -0.05) is 62.7 Å². The van der Waals surface area contributed by atoms with E-state index >= 15 is 0 Å². The first-order chi connectivity index (χ1) is 17.2. The molecule has 196 valence electrons. The topological polar surface area (TPSA) is 97.5 Å². The van der Waals surface area contributed by atoms with Crippen molar-refractivity contribution in [3.63, 3.8) is 0 Å². The molecule has 0 saturated carbocycles. The molecular weight excluding hydrogens is 522 g/mol. The van der Waals surface area contributed by atoms with Crippen LogP contribution in [0.2, 0.25) is 5.02 Å². The maximum atomic E-state index is 14.8. The highest BCUT2D eigenvalue weighted by Gasteiger charge is 2.37. The zero-order valence-corrected chi connectivity index (χ0v) is 22.1. The van der Waals surface area contributed by atoms with Crippen LogP contribution in [0.3, 0.4) is 0 Å². The SMILES string of the molecule is CC(C)(C)CC(=O)c1ccc(CN(C(C(N)=O)c2ccc(F)cc2F)S(=O)(=O)c2ccc(Cl)cc2)cc1. The lowest BCUT2D eigenvalue weighted by Gasteiger charge is -2.29. The van der Waals surface area contributed by atoms with Crippen molar-refractivity contribution < 1.29 is 26.8 Å². The van der Waals surface area contributed by atoms with Crippen LogP contribution in [0.5, 0.6) is 0 Å². The molecule has 0 radical (unpaired) electrons. The summed E-state index contributed by atoms with van der Waals surface area (Å²) in [6.07, 6.45) is 0.316. The van der Waals surface area contributed by atoms with Crippen LogP contribution in [0, 0.1) is 17.0 Å². The molecule has 0 aromatic heterocycles. The molecule has 6 nitrogen and oxygen atoms in total. The van der Waals surface area contributed by atoms with E-state index in [-0.39, 0.29) is 27.7 Å². The molecule has 3 rings (SSSR count). The predicted octanol–water partition coefficient (Wildman–Crippen LogP) is 5.65. The van der Waals surface area contributed by atoms with E-state index in [1.807, 2.05) is 20.8 Å². The summed E-state index contributed by atoms with van der Waals surface area (Å²) in [5.41, 5.74) is 5.83. The Hall–Kier alpha value is -3.14. The molecule has 0 fully saturated rings. The van der Waals surface area contributed by atoms with Crippen LogP contribution >= 0.6 is 11.6 Å². The summed E-state index contributed by atoms with van der Waals surface area (Å²) in [6.45, 7) is 5.44. The number of nitrogens with zero attached hydrogens (tertiary/aromatic N) is 1. The Morgan fingerprint density at radius 2 is 1.57 bits per heavy atom. The van der Waals surface area contributed by atoms with Gasteiger partial charge in [-0.2, -0.15) is 4.31 Å². The number of Topliss-reactive ketones (excluding diaryl/α,β-unsaturated/α-hetero) is 1. The van der Waals surface area contributed by atoms with Crippen LogP contribution in [-0.2, 0) is 21.4 Å². The average Bonchev–Trinajstić information content (AvgIpc) is 2.79. The van der Waals surface area contributed by atoms with Gasteiger partial charge in [-0.05, 0) is 41.3 Å². The molecule has 1 unspecified atom stereocenters. The largest absolute Gasteiger partial charge is 0.368 e. The van der Waals surface area contributed by atoms with E-state index in [1.165, 1.54) is 24.3 Å². The molecular formula is C27H27ClF2N2O4S. The van der Waals surface area contributed by atoms with E-state index in [2.05, 4.69) is 0 Å². The quantitative estimate of drug-likeness (QED) is 0.349. The summed E-state index contributed by atoms with van der Waals surface area (Å²) in [7, 11) is -4.44. The van der Waals surface area contributed by atoms with Gasteiger partial charge in [0.1, 0.15) is 17.7 Å². The number of benzene rings is 3. The van der Waals surface area contributed by atoms with Crippen LogP contribution in [0.1, 0.15) is 54.7 Å². The molecule has 0 heterocycles. The zero-order chi connectivity index (χ0) is 27.5. The van der Waals surface area contributed by atoms with Crippen molar-refractivity contribution in [1.82, 2.24) is 4.31 Å². The number of ketones is 1. The first kappa shape index (κ1) is 28.4. The molecule has 1 atom stereocenters. The minimum absolute atomic E-state index is 0.0758. The fourth-order valence-electron chi connectivity index (χ4n) is 3.79. The van der Waals surface area contributed by atoms with Crippen LogP contribution in [0.4, 0.5) is 8.78 Å². The second-order valence-corrected chi connectivity index (χ2v) is 12.2. The summed E-state index contributed by atoms with van der Waals surface area (Å²) in [5.74, 6) is -3.25. The molecule has 0 aliphatic heterocycles. The van der Waals surface area contributed by atoms with Crippen LogP contribution < -0.4 is 5.73 Å². The summed E-state index contributed by atoms with van der Waals surface area (Å²) in [5, 5.41) is 0.289. The summed E-state index contributed by atoms with van der Waals surface area (Å²) in [6, 6.07) is 12.1. The predicted molar refractivity (Wildman–Crippen MR) is 137 cm³/mol. The van der Waals surface area contributed by atoms with Crippen molar-refractivity contribution in [3.05, 3.63) is 100 Å². The van der Waals surface area contributed by atoms with Gasteiger partial charge in [-0.3, -0.25) is 9.59 Å². The molecule has 0 aliphatic carbocycles. The second-order valence-electron chi connectivity index (χ2n) is 9.83. The maximum Gasteiger partial charge on any atom is 0.244 e. The number of nitrogens with two attached hydrogens (primary N) is 1. The van der Waals surface area contributed by atoms with Crippen LogP contribution in [0.25, 0.3) is 0 Å². The Kier molecular flexibility index (Phi) is 8.52. The van der Waals surface area contributed by atoms with Gasteiger partial charge in [0.15, 0.2) is 5.78 Å². The van der Waals surface area contributed by atoms with Gasteiger partial charge >= 0.3 is 0 Å². The molecule has 2 N–H and O–H groups in total. The second kappa shape index (κ2) is 11.1. The molecule has 37 heavy (non-hydrogen) atoms. The summed E-state index contributed by atoms with van der Waals surface area (Å²) in [4.78, 5) is 24.9. The van der Waals surface area contributed by atoms with Crippen LogP contribution in [-0.4, -0.2) is 24.4 Å². The number of amides is 1. The normalized spacial score (nSPS) is 12.9. The average molecular weight is 549 g/mol. The Morgan fingerprint density at radius 1 is 0.973 bits per heavy atom. The van der Waals surface area contributed by atoms with Crippen LogP contribution in [0.15, 0.2) is 71.6 Å². The number of hydrogen-bond donors (Lipinski definition) is 1. The first-order valence-corrected chi connectivity index (χ1v) is 13.1. The number of hydrogen-bond acceptors (Lipinski definition) is 4. The monoisotopic (exact) mass is 548 g/mol.